The van der Waals surface area contributed by atoms with Gasteiger partial charge in [0.25, 0.3) is 0 Å². The molecule has 1 amide bonds. The summed E-state index contributed by atoms with van der Waals surface area (Å²) < 4.78 is 5.30. The summed E-state index contributed by atoms with van der Waals surface area (Å²) >= 11 is 0. The second-order valence-corrected chi connectivity index (χ2v) is 4.18. The van der Waals surface area contributed by atoms with Crippen molar-refractivity contribution in [2.45, 2.75) is 25.3 Å². The Morgan fingerprint density at radius 3 is 3.07 bits per heavy atom. The first-order valence-corrected chi connectivity index (χ1v) is 5.42. The average Bonchev–Trinajstić information content (AvgIpc) is 2.70. The smallest absolute Gasteiger partial charge is 0.220 e. The zero-order valence-electron chi connectivity index (χ0n) is 8.42. The van der Waals surface area contributed by atoms with Gasteiger partial charge in [-0.2, -0.15) is 0 Å². The second-order valence-electron chi connectivity index (χ2n) is 4.18. The van der Waals surface area contributed by atoms with E-state index in [-0.39, 0.29) is 5.91 Å². The van der Waals surface area contributed by atoms with Gasteiger partial charge in [0.15, 0.2) is 0 Å². The number of carbonyl (C=O) groups is 1. The van der Waals surface area contributed by atoms with E-state index >= 15 is 0 Å². The van der Waals surface area contributed by atoms with Gasteiger partial charge in [-0.05, 0) is 18.8 Å². The lowest BCUT2D eigenvalue weighted by Gasteiger charge is -2.24. The summed E-state index contributed by atoms with van der Waals surface area (Å²) in [5, 5.41) is 6.36. The topological polar surface area (TPSA) is 50.4 Å². The molecule has 0 radical (unpaired) electrons. The zero-order valence-corrected chi connectivity index (χ0v) is 8.42. The van der Waals surface area contributed by atoms with E-state index in [2.05, 4.69) is 10.6 Å². The molecule has 0 saturated carbocycles. The normalized spacial score (nSPS) is 33.0. The van der Waals surface area contributed by atoms with E-state index in [9.17, 15) is 4.79 Å². The molecule has 0 aromatic rings. The summed E-state index contributed by atoms with van der Waals surface area (Å²) in [6.07, 6.45) is 2.81. The van der Waals surface area contributed by atoms with E-state index < -0.39 is 0 Å². The second kappa shape index (κ2) is 4.75. The van der Waals surface area contributed by atoms with Crippen LogP contribution in [0.3, 0.4) is 0 Å². The molecule has 0 spiro atoms. The van der Waals surface area contributed by atoms with Crippen LogP contribution >= 0.6 is 0 Å². The highest BCUT2D eigenvalue weighted by Gasteiger charge is 2.20. The van der Waals surface area contributed by atoms with Crippen molar-refractivity contribution in [3.8, 4) is 0 Å². The Kier molecular flexibility index (Phi) is 3.37. The first-order valence-electron chi connectivity index (χ1n) is 5.42. The zero-order chi connectivity index (χ0) is 9.80. The molecule has 2 aliphatic heterocycles. The number of hydrogen-bond donors (Lipinski definition) is 2. The van der Waals surface area contributed by atoms with Crippen molar-refractivity contribution in [1.82, 2.24) is 10.6 Å². The van der Waals surface area contributed by atoms with Gasteiger partial charge in [0.05, 0.1) is 6.61 Å². The molecular weight excluding hydrogens is 180 g/mol. The van der Waals surface area contributed by atoms with Crippen molar-refractivity contribution in [2.24, 2.45) is 5.92 Å². The molecule has 14 heavy (non-hydrogen) atoms. The van der Waals surface area contributed by atoms with Gasteiger partial charge < -0.3 is 15.4 Å². The van der Waals surface area contributed by atoms with Crippen LogP contribution in [0.4, 0.5) is 0 Å². The van der Waals surface area contributed by atoms with Crippen LogP contribution in [-0.2, 0) is 9.53 Å². The third-order valence-corrected chi connectivity index (χ3v) is 2.98. The number of ether oxygens (including phenoxy) is 1. The summed E-state index contributed by atoms with van der Waals surface area (Å²) in [6, 6.07) is 0.466. The van der Waals surface area contributed by atoms with Crippen LogP contribution in [0.1, 0.15) is 19.3 Å². The minimum absolute atomic E-state index is 0.187. The van der Waals surface area contributed by atoms with Crippen molar-refractivity contribution in [1.29, 1.82) is 0 Å². The summed E-state index contributed by atoms with van der Waals surface area (Å²) in [4.78, 5) is 10.9. The SMILES string of the molecule is O=C1CCC(NCC2CCOC2)CN1. The van der Waals surface area contributed by atoms with Crippen molar-refractivity contribution >= 4 is 5.91 Å². The standard InChI is InChI=1S/C10H18N2O2/c13-10-2-1-9(6-12-10)11-5-8-3-4-14-7-8/h8-9,11H,1-7H2,(H,12,13). The fraction of sp³-hybridized carbons (Fsp3) is 0.900. The minimum atomic E-state index is 0.187. The number of piperidine rings is 1. The van der Waals surface area contributed by atoms with Crippen molar-refractivity contribution in [2.75, 3.05) is 26.3 Å². The van der Waals surface area contributed by atoms with E-state index in [1.807, 2.05) is 0 Å². The maximum Gasteiger partial charge on any atom is 0.220 e. The van der Waals surface area contributed by atoms with Crippen LogP contribution in [0.25, 0.3) is 0 Å². The number of nitrogens with one attached hydrogen (secondary N) is 2. The molecule has 2 saturated heterocycles. The van der Waals surface area contributed by atoms with E-state index in [0.29, 0.717) is 18.4 Å². The van der Waals surface area contributed by atoms with Gasteiger partial charge in [-0.15, -0.1) is 0 Å². The molecule has 0 aromatic carbocycles. The van der Waals surface area contributed by atoms with Gasteiger partial charge in [-0.1, -0.05) is 0 Å². The number of amides is 1. The van der Waals surface area contributed by atoms with Crippen LogP contribution in [0.15, 0.2) is 0 Å². The summed E-state index contributed by atoms with van der Waals surface area (Å²) in [5.74, 6) is 0.861. The summed E-state index contributed by atoms with van der Waals surface area (Å²) in [5.41, 5.74) is 0. The molecule has 4 heteroatoms. The van der Waals surface area contributed by atoms with Crippen LogP contribution in [0.2, 0.25) is 0 Å². The minimum Gasteiger partial charge on any atom is -0.381 e. The molecule has 2 fully saturated rings. The molecular formula is C10H18N2O2. The largest absolute Gasteiger partial charge is 0.381 e. The molecule has 0 bridgehead atoms. The number of carbonyl (C=O) groups excluding carboxylic acids is 1. The maximum absolute atomic E-state index is 10.9. The quantitative estimate of drug-likeness (QED) is 0.665. The van der Waals surface area contributed by atoms with Crippen LogP contribution < -0.4 is 10.6 Å². The lowest BCUT2D eigenvalue weighted by Crippen LogP contribution is -2.46. The molecule has 2 heterocycles. The van der Waals surface area contributed by atoms with Crippen molar-refractivity contribution < 1.29 is 9.53 Å². The van der Waals surface area contributed by atoms with E-state index in [1.54, 1.807) is 0 Å². The monoisotopic (exact) mass is 198 g/mol. The highest BCUT2D eigenvalue weighted by molar-refractivity contribution is 5.76. The Balaban J connectivity index is 1.63. The predicted octanol–water partition coefficient (Wildman–Crippen LogP) is -0.109. The third-order valence-electron chi connectivity index (χ3n) is 2.98. The fourth-order valence-corrected chi connectivity index (χ4v) is 1.98. The van der Waals surface area contributed by atoms with E-state index in [4.69, 9.17) is 4.74 Å². The van der Waals surface area contributed by atoms with E-state index in [0.717, 1.165) is 32.7 Å². The van der Waals surface area contributed by atoms with Crippen LogP contribution in [0, 0.1) is 5.92 Å². The summed E-state index contributed by atoms with van der Waals surface area (Å²) in [7, 11) is 0. The predicted molar refractivity (Wildman–Crippen MR) is 53.0 cm³/mol. The van der Waals surface area contributed by atoms with Crippen LogP contribution in [-0.4, -0.2) is 38.3 Å². The van der Waals surface area contributed by atoms with Gasteiger partial charge >= 0.3 is 0 Å². The molecule has 80 valence electrons. The van der Waals surface area contributed by atoms with Gasteiger partial charge in [0, 0.05) is 32.2 Å². The number of rotatable bonds is 3. The molecule has 4 nitrogen and oxygen atoms in total. The van der Waals surface area contributed by atoms with Gasteiger partial charge in [-0.25, -0.2) is 0 Å². The summed E-state index contributed by atoms with van der Waals surface area (Å²) in [6.45, 7) is 3.62. The molecule has 2 unspecified atom stereocenters. The maximum atomic E-state index is 10.9. The highest BCUT2D eigenvalue weighted by atomic mass is 16.5. The van der Waals surface area contributed by atoms with Crippen molar-refractivity contribution in [3.05, 3.63) is 0 Å². The molecule has 2 aliphatic rings. The average molecular weight is 198 g/mol. The molecule has 2 N–H and O–H groups in total. The Hall–Kier alpha value is -0.610. The molecule has 2 atom stereocenters. The van der Waals surface area contributed by atoms with Gasteiger partial charge in [-0.3, -0.25) is 4.79 Å². The molecule has 2 rings (SSSR count). The van der Waals surface area contributed by atoms with E-state index in [1.165, 1.54) is 6.42 Å². The van der Waals surface area contributed by atoms with Gasteiger partial charge in [0.2, 0.25) is 5.91 Å². The Bertz CT molecular complexity index is 192. The third kappa shape index (κ3) is 2.69. The first kappa shape index (κ1) is 9.93. The van der Waals surface area contributed by atoms with Crippen molar-refractivity contribution in [3.63, 3.8) is 0 Å². The van der Waals surface area contributed by atoms with Gasteiger partial charge in [0.1, 0.15) is 0 Å². The fourth-order valence-electron chi connectivity index (χ4n) is 1.98. The Labute approximate surface area is 84.4 Å². The molecule has 0 aromatic heterocycles. The lowest BCUT2D eigenvalue weighted by molar-refractivity contribution is -0.122. The molecule has 0 aliphatic carbocycles. The van der Waals surface area contributed by atoms with Crippen LogP contribution in [0.5, 0.6) is 0 Å². The number of hydrogen-bond acceptors (Lipinski definition) is 3. The highest BCUT2D eigenvalue weighted by Crippen LogP contribution is 2.11. The lowest BCUT2D eigenvalue weighted by atomic mass is 10.0. The Morgan fingerprint density at radius 2 is 2.43 bits per heavy atom. The first-order chi connectivity index (χ1) is 6.84. The Morgan fingerprint density at radius 1 is 1.50 bits per heavy atom.